The van der Waals surface area contributed by atoms with Crippen molar-refractivity contribution in [3.05, 3.63) is 78.1 Å². The highest BCUT2D eigenvalue weighted by Crippen LogP contribution is 2.19. The van der Waals surface area contributed by atoms with E-state index in [2.05, 4.69) is 28.5 Å². The van der Waals surface area contributed by atoms with E-state index in [0.717, 1.165) is 22.0 Å². The van der Waals surface area contributed by atoms with E-state index in [1.165, 1.54) is 0 Å². The zero-order chi connectivity index (χ0) is 15.4. The Morgan fingerprint density at radius 1 is 1.05 bits per heavy atom. The Labute approximate surface area is 130 Å². The highest BCUT2D eigenvalue weighted by Gasteiger charge is 2.12. The summed E-state index contributed by atoms with van der Waals surface area (Å²) in [6.07, 6.45) is 2.11. The summed E-state index contributed by atoms with van der Waals surface area (Å²) in [7, 11) is 0. The summed E-state index contributed by atoms with van der Waals surface area (Å²) in [6.45, 7) is 1.95. The van der Waals surface area contributed by atoms with Crippen LogP contribution in [0.25, 0.3) is 10.8 Å². The molecule has 0 aliphatic carbocycles. The van der Waals surface area contributed by atoms with Gasteiger partial charge in [-0.25, -0.2) is 0 Å². The smallest absolute Gasteiger partial charge is 0.224 e. The van der Waals surface area contributed by atoms with Gasteiger partial charge in [0.25, 0.3) is 0 Å². The molecule has 0 saturated heterocycles. The lowest BCUT2D eigenvalue weighted by atomic mass is 10.0. The summed E-state index contributed by atoms with van der Waals surface area (Å²) in [5, 5.41) is 5.30. The molecule has 0 unspecified atom stereocenters. The van der Waals surface area contributed by atoms with Crippen LogP contribution in [-0.2, 0) is 11.2 Å². The Morgan fingerprint density at radius 3 is 2.64 bits per heavy atom. The van der Waals surface area contributed by atoms with E-state index in [-0.39, 0.29) is 11.9 Å². The van der Waals surface area contributed by atoms with Gasteiger partial charge in [-0.3, -0.25) is 9.78 Å². The van der Waals surface area contributed by atoms with Crippen LogP contribution in [0.2, 0.25) is 0 Å². The number of carbonyl (C=O) groups is 1. The van der Waals surface area contributed by atoms with Crippen molar-refractivity contribution < 1.29 is 4.79 Å². The molecule has 3 heteroatoms. The average molecular weight is 290 g/mol. The Kier molecular flexibility index (Phi) is 4.15. The van der Waals surface area contributed by atoms with E-state index in [9.17, 15) is 4.79 Å². The van der Waals surface area contributed by atoms with Crippen molar-refractivity contribution in [2.75, 3.05) is 0 Å². The third kappa shape index (κ3) is 3.14. The second kappa shape index (κ2) is 6.39. The molecule has 22 heavy (non-hydrogen) atoms. The van der Waals surface area contributed by atoms with Crippen LogP contribution >= 0.6 is 0 Å². The molecule has 0 fully saturated rings. The van der Waals surface area contributed by atoms with Crippen LogP contribution in [0, 0.1) is 0 Å². The third-order valence-electron chi connectivity index (χ3n) is 3.74. The zero-order valence-electron chi connectivity index (χ0n) is 12.5. The maximum Gasteiger partial charge on any atom is 0.224 e. The summed E-state index contributed by atoms with van der Waals surface area (Å²) in [5.41, 5.74) is 1.91. The topological polar surface area (TPSA) is 42.0 Å². The van der Waals surface area contributed by atoms with Gasteiger partial charge in [-0.1, -0.05) is 48.5 Å². The lowest BCUT2D eigenvalue weighted by molar-refractivity contribution is -0.121. The number of nitrogens with zero attached hydrogens (tertiary/aromatic N) is 1. The van der Waals surface area contributed by atoms with Crippen molar-refractivity contribution in [1.29, 1.82) is 0 Å². The minimum atomic E-state index is -0.0938. The first-order valence-corrected chi connectivity index (χ1v) is 7.41. The Balaban J connectivity index is 1.74. The molecule has 1 amide bonds. The number of fused-ring (bicyclic) bond motifs is 1. The molecule has 3 rings (SSSR count). The molecule has 3 nitrogen and oxygen atoms in total. The molecule has 110 valence electrons. The predicted octanol–water partition coefficient (Wildman–Crippen LogP) is 3.65. The van der Waals surface area contributed by atoms with Crippen molar-refractivity contribution in [3.8, 4) is 0 Å². The average Bonchev–Trinajstić information content (AvgIpc) is 2.56. The molecule has 0 aliphatic rings. The number of hydrogen-bond acceptors (Lipinski definition) is 2. The first kappa shape index (κ1) is 14.3. The van der Waals surface area contributed by atoms with Crippen molar-refractivity contribution in [2.45, 2.75) is 19.4 Å². The molecular formula is C19H18N2O. The van der Waals surface area contributed by atoms with E-state index in [1.807, 2.05) is 49.4 Å². The lowest BCUT2D eigenvalue weighted by Gasteiger charge is -2.14. The molecule has 0 saturated carbocycles. The lowest BCUT2D eigenvalue weighted by Crippen LogP contribution is -2.28. The largest absolute Gasteiger partial charge is 0.348 e. The Hall–Kier alpha value is -2.68. The number of nitrogens with one attached hydrogen (secondary N) is 1. The fourth-order valence-electron chi connectivity index (χ4n) is 2.62. The minimum Gasteiger partial charge on any atom is -0.348 e. The molecule has 3 aromatic rings. The van der Waals surface area contributed by atoms with Gasteiger partial charge in [0.15, 0.2) is 0 Å². The van der Waals surface area contributed by atoms with Gasteiger partial charge in [0.2, 0.25) is 5.91 Å². The van der Waals surface area contributed by atoms with E-state index in [4.69, 9.17) is 0 Å². The minimum absolute atomic E-state index is 0.00880. The van der Waals surface area contributed by atoms with Gasteiger partial charge in [-0.2, -0.15) is 0 Å². The summed E-state index contributed by atoms with van der Waals surface area (Å²) < 4.78 is 0. The van der Waals surface area contributed by atoms with Crippen LogP contribution < -0.4 is 5.32 Å². The molecule has 2 aromatic carbocycles. The molecule has 1 atom stereocenters. The van der Waals surface area contributed by atoms with Gasteiger partial charge in [0.05, 0.1) is 18.2 Å². The number of hydrogen-bond donors (Lipinski definition) is 1. The highest BCUT2D eigenvalue weighted by atomic mass is 16.1. The number of aromatic nitrogens is 1. The maximum atomic E-state index is 12.3. The van der Waals surface area contributed by atoms with Crippen LogP contribution in [0.3, 0.4) is 0 Å². The van der Waals surface area contributed by atoms with Crippen LogP contribution in [-0.4, -0.2) is 10.9 Å². The SMILES string of the molecule is C[C@@H](NC(=O)Cc1cccc2ccccc12)c1ccccn1. The molecular weight excluding hydrogens is 272 g/mol. The fourth-order valence-corrected chi connectivity index (χ4v) is 2.62. The number of pyridine rings is 1. The number of benzene rings is 2. The second-order valence-electron chi connectivity index (χ2n) is 5.36. The summed E-state index contributed by atoms with van der Waals surface area (Å²) >= 11 is 0. The summed E-state index contributed by atoms with van der Waals surface area (Å²) in [5.74, 6) is 0.00880. The monoisotopic (exact) mass is 290 g/mol. The molecule has 0 aliphatic heterocycles. The summed E-state index contributed by atoms with van der Waals surface area (Å²) in [6, 6.07) is 19.8. The third-order valence-corrected chi connectivity index (χ3v) is 3.74. The predicted molar refractivity (Wildman–Crippen MR) is 88.4 cm³/mol. The van der Waals surface area contributed by atoms with E-state index < -0.39 is 0 Å². The molecule has 0 bridgehead atoms. The normalized spacial score (nSPS) is 12.0. The molecule has 1 heterocycles. The van der Waals surface area contributed by atoms with Crippen molar-refractivity contribution in [1.82, 2.24) is 10.3 Å². The van der Waals surface area contributed by atoms with Gasteiger partial charge < -0.3 is 5.32 Å². The molecule has 1 aromatic heterocycles. The van der Waals surface area contributed by atoms with Crippen LogP contribution in [0.1, 0.15) is 24.2 Å². The highest BCUT2D eigenvalue weighted by molar-refractivity contribution is 5.90. The van der Waals surface area contributed by atoms with Gasteiger partial charge in [-0.15, -0.1) is 0 Å². The van der Waals surface area contributed by atoms with Crippen molar-refractivity contribution >= 4 is 16.7 Å². The molecule has 1 N–H and O–H groups in total. The molecule has 0 spiro atoms. The van der Waals surface area contributed by atoms with Gasteiger partial charge >= 0.3 is 0 Å². The van der Waals surface area contributed by atoms with Crippen molar-refractivity contribution in [3.63, 3.8) is 0 Å². The van der Waals surface area contributed by atoms with Crippen LogP contribution in [0.5, 0.6) is 0 Å². The van der Waals surface area contributed by atoms with Crippen LogP contribution in [0.4, 0.5) is 0 Å². The first-order chi connectivity index (χ1) is 10.7. The molecule has 0 radical (unpaired) electrons. The number of amides is 1. The Morgan fingerprint density at radius 2 is 1.82 bits per heavy atom. The number of rotatable bonds is 4. The van der Waals surface area contributed by atoms with Crippen molar-refractivity contribution in [2.24, 2.45) is 0 Å². The van der Waals surface area contributed by atoms with E-state index >= 15 is 0 Å². The second-order valence-corrected chi connectivity index (χ2v) is 5.36. The zero-order valence-corrected chi connectivity index (χ0v) is 12.5. The van der Waals surface area contributed by atoms with E-state index in [1.54, 1.807) is 6.20 Å². The first-order valence-electron chi connectivity index (χ1n) is 7.41. The van der Waals surface area contributed by atoms with E-state index in [0.29, 0.717) is 6.42 Å². The fraction of sp³-hybridized carbons (Fsp3) is 0.158. The maximum absolute atomic E-state index is 12.3. The van der Waals surface area contributed by atoms with Gasteiger partial charge in [0, 0.05) is 6.20 Å². The Bertz CT molecular complexity index is 778. The summed E-state index contributed by atoms with van der Waals surface area (Å²) in [4.78, 5) is 16.6. The van der Waals surface area contributed by atoms with Gasteiger partial charge in [-0.05, 0) is 35.4 Å². The standard InChI is InChI=1S/C19H18N2O/c1-14(18-11-4-5-12-20-18)21-19(22)13-16-9-6-8-15-7-2-3-10-17(15)16/h2-12,14H,13H2,1H3,(H,21,22)/t14-/m1/s1. The van der Waals surface area contributed by atoms with Crippen LogP contribution in [0.15, 0.2) is 66.9 Å². The quantitative estimate of drug-likeness (QED) is 0.797. The van der Waals surface area contributed by atoms with Gasteiger partial charge in [0.1, 0.15) is 0 Å². The number of carbonyl (C=O) groups excluding carboxylic acids is 1.